The molecule has 0 aliphatic heterocycles. The maximum Gasteiger partial charge on any atom is 0.0690 e. The second-order valence-corrected chi connectivity index (χ2v) is 18.2. The number of allylic oxidation sites excluding steroid dienone is 2. The lowest BCUT2D eigenvalue weighted by molar-refractivity contribution is 0.986. The molecule has 1 aromatic rings. The Kier molecular flexibility index (Phi) is 4.26. The van der Waals surface area contributed by atoms with E-state index in [1.54, 1.807) is 11.1 Å². The van der Waals surface area contributed by atoms with Gasteiger partial charge in [0.25, 0.3) is 0 Å². The van der Waals surface area contributed by atoms with E-state index in [0.29, 0.717) is 0 Å². The van der Waals surface area contributed by atoms with Crippen LogP contribution in [0.2, 0.25) is 39.3 Å². The molecule has 0 saturated heterocycles. The lowest BCUT2D eigenvalue weighted by Gasteiger charge is -2.26. The normalized spacial score (nSPS) is 20.3. The summed E-state index contributed by atoms with van der Waals surface area (Å²) in [4.78, 5) is 0. The van der Waals surface area contributed by atoms with Crippen LogP contribution < -0.4 is 0 Å². The Balaban J connectivity index is 2.48. The van der Waals surface area contributed by atoms with Gasteiger partial charge in [-0.1, -0.05) is 74.9 Å². The molecule has 2 heteroatoms. The zero-order chi connectivity index (χ0) is 15.0. The van der Waals surface area contributed by atoms with Crippen LogP contribution >= 0.6 is 0 Å². The van der Waals surface area contributed by atoms with Crippen molar-refractivity contribution < 1.29 is 0 Å². The molecule has 1 aromatic carbocycles. The Bertz CT molecular complexity index is 501. The molecule has 0 nitrogen and oxygen atoms in total. The molecule has 0 heterocycles. The predicted octanol–water partition coefficient (Wildman–Crippen LogP) is 5.39. The number of hydrogen-bond donors (Lipinski definition) is 0. The molecule has 0 amide bonds. The van der Waals surface area contributed by atoms with Crippen molar-refractivity contribution in [3.63, 3.8) is 0 Å². The van der Waals surface area contributed by atoms with Crippen molar-refractivity contribution in [3.05, 3.63) is 57.9 Å². The molecular formula is C18H28Si2. The zero-order valence-corrected chi connectivity index (χ0v) is 15.9. The second kappa shape index (κ2) is 5.49. The summed E-state index contributed by atoms with van der Waals surface area (Å²) in [7, 11) is -2.34. The Labute approximate surface area is 126 Å². The van der Waals surface area contributed by atoms with Gasteiger partial charge >= 0.3 is 0 Å². The van der Waals surface area contributed by atoms with Gasteiger partial charge in [0.05, 0.1) is 16.1 Å². The SMILES string of the molecule is C[Si](C)(C)C=C1Cc2ccccc2CC1=C[Si](C)(C)C. The number of rotatable bonds is 2. The van der Waals surface area contributed by atoms with E-state index < -0.39 is 16.1 Å². The zero-order valence-electron chi connectivity index (χ0n) is 13.9. The van der Waals surface area contributed by atoms with Gasteiger partial charge in [-0.25, -0.2) is 0 Å². The van der Waals surface area contributed by atoms with Crippen LogP contribution in [0.1, 0.15) is 11.1 Å². The minimum absolute atomic E-state index is 1.14. The Hall–Kier alpha value is -0.866. The predicted molar refractivity (Wildman–Crippen MR) is 96.7 cm³/mol. The van der Waals surface area contributed by atoms with Crippen LogP contribution in [0.5, 0.6) is 0 Å². The molecule has 20 heavy (non-hydrogen) atoms. The minimum Gasteiger partial charge on any atom is -0.0913 e. The lowest BCUT2D eigenvalue weighted by atomic mass is 9.86. The Morgan fingerprint density at radius 3 is 1.35 bits per heavy atom. The maximum absolute atomic E-state index is 2.62. The molecule has 2 rings (SSSR count). The fourth-order valence-corrected chi connectivity index (χ4v) is 5.54. The number of hydrogen-bond acceptors (Lipinski definition) is 0. The van der Waals surface area contributed by atoms with Crippen molar-refractivity contribution in [2.75, 3.05) is 0 Å². The van der Waals surface area contributed by atoms with E-state index in [-0.39, 0.29) is 0 Å². The van der Waals surface area contributed by atoms with Crippen LogP contribution in [-0.2, 0) is 12.8 Å². The van der Waals surface area contributed by atoms with Crippen LogP contribution in [0.25, 0.3) is 0 Å². The Morgan fingerprint density at radius 1 is 0.700 bits per heavy atom. The highest BCUT2D eigenvalue weighted by molar-refractivity contribution is 6.82. The van der Waals surface area contributed by atoms with Crippen molar-refractivity contribution >= 4 is 16.1 Å². The number of fused-ring (bicyclic) bond motifs is 1. The summed E-state index contributed by atoms with van der Waals surface area (Å²) in [5.74, 6) is 0. The van der Waals surface area contributed by atoms with E-state index in [4.69, 9.17) is 0 Å². The molecule has 0 unspecified atom stereocenters. The van der Waals surface area contributed by atoms with Crippen molar-refractivity contribution in [1.82, 2.24) is 0 Å². The summed E-state index contributed by atoms with van der Waals surface area (Å²) in [6.45, 7) is 14.6. The van der Waals surface area contributed by atoms with Gasteiger partial charge < -0.3 is 0 Å². The van der Waals surface area contributed by atoms with Crippen LogP contribution in [0.15, 0.2) is 46.8 Å². The van der Waals surface area contributed by atoms with E-state index in [9.17, 15) is 0 Å². The smallest absolute Gasteiger partial charge is 0.0690 e. The summed E-state index contributed by atoms with van der Waals surface area (Å²) in [6, 6.07) is 8.97. The molecule has 0 atom stereocenters. The van der Waals surface area contributed by atoms with Crippen LogP contribution in [0.4, 0.5) is 0 Å². The van der Waals surface area contributed by atoms with Crippen LogP contribution in [0.3, 0.4) is 0 Å². The first-order valence-electron chi connectivity index (χ1n) is 7.65. The highest BCUT2D eigenvalue weighted by atomic mass is 28.3. The summed E-state index contributed by atoms with van der Waals surface area (Å²) >= 11 is 0. The van der Waals surface area contributed by atoms with E-state index in [0.717, 1.165) is 12.8 Å². The molecule has 1 aliphatic carbocycles. The second-order valence-electron chi connectivity index (χ2n) is 8.19. The van der Waals surface area contributed by atoms with Crippen LogP contribution in [-0.4, -0.2) is 16.1 Å². The quantitative estimate of drug-likeness (QED) is 0.642. The fraction of sp³-hybridized carbons (Fsp3) is 0.444. The molecule has 0 fully saturated rings. The average molecular weight is 301 g/mol. The largest absolute Gasteiger partial charge is 0.0913 e. The highest BCUT2D eigenvalue weighted by Crippen LogP contribution is 2.31. The van der Waals surface area contributed by atoms with Crippen molar-refractivity contribution in [2.24, 2.45) is 0 Å². The first-order valence-corrected chi connectivity index (χ1v) is 14.8. The van der Waals surface area contributed by atoms with Gasteiger partial charge in [0.1, 0.15) is 0 Å². The molecule has 0 N–H and O–H groups in total. The van der Waals surface area contributed by atoms with Gasteiger partial charge in [-0.15, -0.1) is 0 Å². The van der Waals surface area contributed by atoms with Gasteiger partial charge in [0.2, 0.25) is 0 Å². The minimum atomic E-state index is -1.17. The maximum atomic E-state index is 2.62. The van der Waals surface area contributed by atoms with E-state index >= 15 is 0 Å². The number of benzene rings is 1. The summed E-state index contributed by atoms with van der Waals surface area (Å²) in [5, 5.41) is 0. The standard InChI is InChI=1S/C18H28Si2/c1-19(2,3)13-17-11-15-9-7-8-10-16(15)12-18(17)14-20(4,5)6/h7-10,13-14H,11-12H2,1-6H3. The molecular weight excluding hydrogens is 272 g/mol. The molecule has 0 bridgehead atoms. The lowest BCUT2D eigenvalue weighted by Crippen LogP contribution is -2.23. The van der Waals surface area contributed by atoms with Crippen molar-refractivity contribution in [1.29, 1.82) is 0 Å². The van der Waals surface area contributed by atoms with Crippen molar-refractivity contribution in [2.45, 2.75) is 52.1 Å². The van der Waals surface area contributed by atoms with Gasteiger partial charge in [-0.2, -0.15) is 0 Å². The third-order valence-corrected chi connectivity index (χ3v) is 5.94. The summed E-state index contributed by atoms with van der Waals surface area (Å²) in [6.07, 6.45) is 2.27. The molecule has 0 saturated carbocycles. The monoisotopic (exact) mass is 300 g/mol. The molecule has 0 spiro atoms. The van der Waals surface area contributed by atoms with Crippen LogP contribution in [0, 0.1) is 0 Å². The van der Waals surface area contributed by atoms with Gasteiger partial charge in [-0.3, -0.25) is 0 Å². The first-order chi connectivity index (χ1) is 9.14. The van der Waals surface area contributed by atoms with Gasteiger partial charge in [-0.05, 0) is 35.1 Å². The Morgan fingerprint density at radius 2 is 1.05 bits per heavy atom. The fourth-order valence-electron chi connectivity index (χ4n) is 2.87. The van der Waals surface area contributed by atoms with E-state index in [1.165, 1.54) is 11.1 Å². The average Bonchev–Trinajstić information content (AvgIpc) is 2.26. The molecule has 1 aliphatic rings. The highest BCUT2D eigenvalue weighted by Gasteiger charge is 2.22. The molecule has 108 valence electrons. The van der Waals surface area contributed by atoms with Crippen molar-refractivity contribution in [3.8, 4) is 0 Å². The van der Waals surface area contributed by atoms with E-state index in [2.05, 4.69) is 74.9 Å². The third-order valence-electron chi connectivity index (χ3n) is 3.51. The van der Waals surface area contributed by atoms with E-state index in [1.807, 2.05) is 0 Å². The third kappa shape index (κ3) is 4.32. The summed E-state index contributed by atoms with van der Waals surface area (Å²) in [5.41, 5.74) is 11.5. The topological polar surface area (TPSA) is 0 Å². The molecule has 0 radical (unpaired) electrons. The van der Waals surface area contributed by atoms with Gasteiger partial charge in [0.15, 0.2) is 0 Å². The molecule has 0 aromatic heterocycles. The summed E-state index contributed by atoms with van der Waals surface area (Å²) < 4.78 is 0. The van der Waals surface area contributed by atoms with Gasteiger partial charge in [0, 0.05) is 0 Å². The first kappa shape index (κ1) is 15.5.